The minimum Gasteiger partial charge on any atom is -0.338 e. The normalized spacial score (nSPS) is 19.7. The van der Waals surface area contributed by atoms with E-state index >= 15 is 0 Å². The first-order chi connectivity index (χ1) is 15.5. The van der Waals surface area contributed by atoms with Crippen LogP contribution >= 0.6 is 35.1 Å². The summed E-state index contributed by atoms with van der Waals surface area (Å²) in [5.74, 6) is -0.0261. The molecule has 0 N–H and O–H groups in total. The van der Waals surface area contributed by atoms with Gasteiger partial charge in [-0.15, -0.1) is 0 Å². The number of pyridine rings is 1. The van der Waals surface area contributed by atoms with Gasteiger partial charge in [0.2, 0.25) is 0 Å². The van der Waals surface area contributed by atoms with Crippen molar-refractivity contribution in [1.29, 1.82) is 0 Å². The van der Waals surface area contributed by atoms with Gasteiger partial charge in [0.05, 0.1) is 26.8 Å². The number of hydrogen-bond acceptors (Lipinski definition) is 6. The molecule has 3 heterocycles. The van der Waals surface area contributed by atoms with E-state index in [4.69, 9.17) is 16.6 Å². The number of nitrogens with zero attached hydrogens (tertiary/aromatic N) is 4. The maximum atomic E-state index is 13.0. The number of hydrogen-bond donors (Lipinski definition) is 0. The quantitative estimate of drug-likeness (QED) is 0.405. The number of aromatic nitrogens is 1. The number of rotatable bonds is 3. The second-order valence-electron chi connectivity index (χ2n) is 7.24. The third kappa shape index (κ3) is 3.92. The monoisotopic (exact) mass is 478 g/mol. The molecule has 1 fully saturated rings. The number of thioether (sulfide) groups is 2. The Morgan fingerprint density at radius 3 is 2.84 bits per heavy atom. The number of amidine groups is 1. The fourth-order valence-corrected chi connectivity index (χ4v) is 5.76. The van der Waals surface area contributed by atoms with Gasteiger partial charge in [0.1, 0.15) is 0 Å². The van der Waals surface area contributed by atoms with Crippen LogP contribution in [0.5, 0.6) is 0 Å². The highest BCUT2D eigenvalue weighted by atomic mass is 35.5. The second kappa shape index (κ2) is 8.65. The summed E-state index contributed by atoms with van der Waals surface area (Å²) in [4.78, 5) is 27.7. The molecule has 160 valence electrons. The van der Waals surface area contributed by atoms with E-state index < -0.39 is 0 Å². The van der Waals surface area contributed by atoms with E-state index in [2.05, 4.69) is 9.88 Å². The summed E-state index contributed by atoms with van der Waals surface area (Å²) in [7, 11) is 2.00. The molecule has 0 bridgehead atoms. The first kappa shape index (κ1) is 21.1. The molecule has 1 aromatic heterocycles. The lowest BCUT2D eigenvalue weighted by molar-refractivity contribution is -0.122. The second-order valence-corrected chi connectivity index (χ2v) is 9.74. The van der Waals surface area contributed by atoms with Crippen LogP contribution in [0.4, 0.5) is 11.4 Å². The molecule has 3 aromatic rings. The minimum atomic E-state index is -0.0261. The molecule has 2 aromatic carbocycles. The number of fused-ring (bicyclic) bond motifs is 2. The van der Waals surface area contributed by atoms with Gasteiger partial charge < -0.3 is 4.90 Å². The smallest absolute Gasteiger partial charge is 0.266 e. The van der Waals surface area contributed by atoms with Crippen LogP contribution in [0.15, 0.2) is 86.7 Å². The molecule has 0 radical (unpaired) electrons. The first-order valence-electron chi connectivity index (χ1n) is 10.1. The Balaban J connectivity index is 1.42. The van der Waals surface area contributed by atoms with Crippen molar-refractivity contribution in [3.8, 4) is 0 Å². The van der Waals surface area contributed by atoms with Crippen LogP contribution in [-0.4, -0.2) is 34.6 Å². The Morgan fingerprint density at radius 1 is 1.12 bits per heavy atom. The molecule has 1 saturated heterocycles. The fourth-order valence-electron chi connectivity index (χ4n) is 3.56. The van der Waals surface area contributed by atoms with Gasteiger partial charge in [0.15, 0.2) is 5.17 Å². The molecule has 0 saturated carbocycles. The maximum Gasteiger partial charge on any atom is 0.266 e. The zero-order valence-corrected chi connectivity index (χ0v) is 19.8. The number of benzene rings is 2. The van der Waals surface area contributed by atoms with E-state index in [0.717, 1.165) is 32.2 Å². The summed E-state index contributed by atoms with van der Waals surface area (Å²) in [5, 5.41) is 3.46. The van der Waals surface area contributed by atoms with E-state index in [-0.39, 0.29) is 5.91 Å². The number of anilines is 1. The zero-order valence-electron chi connectivity index (χ0n) is 17.4. The van der Waals surface area contributed by atoms with Crippen molar-refractivity contribution in [2.45, 2.75) is 11.8 Å². The van der Waals surface area contributed by atoms with Crippen molar-refractivity contribution in [2.75, 3.05) is 18.5 Å². The van der Waals surface area contributed by atoms with Gasteiger partial charge in [-0.1, -0.05) is 29.4 Å². The van der Waals surface area contributed by atoms with Crippen LogP contribution in [0.2, 0.25) is 5.02 Å². The van der Waals surface area contributed by atoms with Gasteiger partial charge in [-0.3, -0.25) is 14.7 Å². The molecule has 32 heavy (non-hydrogen) atoms. The van der Waals surface area contributed by atoms with Crippen molar-refractivity contribution >= 4 is 68.5 Å². The lowest BCUT2D eigenvalue weighted by Crippen LogP contribution is -2.28. The SMILES string of the molecule is CCN1C(=O)C(=CC=C2Sc3ccc(Cl)cc3N2C)SC1=Nc1ccc2ncccc2c1. The summed E-state index contributed by atoms with van der Waals surface area (Å²) >= 11 is 9.21. The Kier molecular flexibility index (Phi) is 5.71. The first-order valence-corrected chi connectivity index (χ1v) is 12.1. The summed E-state index contributed by atoms with van der Waals surface area (Å²) < 4.78 is 0. The van der Waals surface area contributed by atoms with Crippen molar-refractivity contribution < 1.29 is 4.79 Å². The zero-order chi connectivity index (χ0) is 22.2. The molecule has 1 amide bonds. The van der Waals surface area contributed by atoms with E-state index in [1.807, 2.05) is 74.7 Å². The fraction of sp³-hybridized carbons (Fsp3) is 0.125. The molecule has 2 aliphatic rings. The largest absolute Gasteiger partial charge is 0.338 e. The van der Waals surface area contributed by atoms with Crippen LogP contribution in [-0.2, 0) is 4.79 Å². The summed E-state index contributed by atoms with van der Waals surface area (Å²) in [5.41, 5.74) is 2.80. The predicted molar refractivity (Wildman–Crippen MR) is 136 cm³/mol. The lowest BCUT2D eigenvalue weighted by Gasteiger charge is -2.13. The average molecular weight is 479 g/mol. The molecule has 5 rings (SSSR count). The van der Waals surface area contributed by atoms with Crippen molar-refractivity contribution in [3.05, 3.63) is 81.8 Å². The highest BCUT2D eigenvalue weighted by Crippen LogP contribution is 2.46. The van der Waals surface area contributed by atoms with E-state index in [0.29, 0.717) is 21.6 Å². The molecular formula is C24H19ClN4OS2. The highest BCUT2D eigenvalue weighted by Gasteiger charge is 2.32. The topological polar surface area (TPSA) is 48.8 Å². The van der Waals surface area contributed by atoms with Crippen molar-refractivity contribution in [3.63, 3.8) is 0 Å². The van der Waals surface area contributed by atoms with Gasteiger partial charge >= 0.3 is 0 Å². The van der Waals surface area contributed by atoms with Crippen LogP contribution < -0.4 is 4.90 Å². The van der Waals surface area contributed by atoms with Gasteiger partial charge in [0, 0.05) is 35.1 Å². The Labute approximate surface area is 199 Å². The predicted octanol–water partition coefficient (Wildman–Crippen LogP) is 6.44. The highest BCUT2D eigenvalue weighted by molar-refractivity contribution is 8.18. The number of carbonyl (C=O) groups is 1. The number of halogens is 1. The molecule has 0 unspecified atom stereocenters. The molecular weight excluding hydrogens is 460 g/mol. The standard InChI is InChI=1S/C24H19ClN4OS2/c1-3-29-23(30)21(10-11-22-28(2)19-14-16(25)6-9-20(19)31-22)32-24(29)27-17-7-8-18-15(13-17)5-4-12-26-18/h4-14H,3H2,1-2H3. The molecule has 5 nitrogen and oxygen atoms in total. The Morgan fingerprint density at radius 2 is 2.00 bits per heavy atom. The lowest BCUT2D eigenvalue weighted by atomic mass is 10.2. The van der Waals surface area contributed by atoms with Gasteiger partial charge in [-0.25, -0.2) is 4.99 Å². The van der Waals surface area contributed by atoms with Crippen LogP contribution in [0.1, 0.15) is 6.92 Å². The van der Waals surface area contributed by atoms with Gasteiger partial charge in [-0.05, 0) is 73.3 Å². The third-order valence-corrected chi connectivity index (χ3v) is 7.66. The number of amides is 1. The number of aliphatic imine (C=N–C) groups is 1. The molecule has 2 aliphatic heterocycles. The maximum absolute atomic E-state index is 13.0. The van der Waals surface area contributed by atoms with Gasteiger partial charge in [-0.2, -0.15) is 0 Å². The van der Waals surface area contributed by atoms with Gasteiger partial charge in [0.25, 0.3) is 5.91 Å². The summed E-state index contributed by atoms with van der Waals surface area (Å²) in [6, 6.07) is 15.6. The number of likely N-dealkylation sites (N-methyl/N-ethyl adjacent to an activating group) is 1. The van der Waals surface area contributed by atoms with E-state index in [1.54, 1.807) is 22.9 Å². The molecule has 8 heteroatoms. The molecule has 0 aliphatic carbocycles. The summed E-state index contributed by atoms with van der Waals surface area (Å²) in [6.07, 6.45) is 5.64. The average Bonchev–Trinajstić information content (AvgIpc) is 3.27. The number of carbonyl (C=O) groups excluding carboxylic acids is 1. The summed E-state index contributed by atoms with van der Waals surface area (Å²) in [6.45, 7) is 2.52. The minimum absolute atomic E-state index is 0.0261. The van der Waals surface area contributed by atoms with Crippen LogP contribution in [0.25, 0.3) is 10.9 Å². The van der Waals surface area contributed by atoms with E-state index in [1.165, 1.54) is 11.8 Å². The number of allylic oxidation sites excluding steroid dienone is 2. The third-order valence-electron chi connectivity index (χ3n) is 5.22. The van der Waals surface area contributed by atoms with Crippen LogP contribution in [0.3, 0.4) is 0 Å². The Bertz CT molecular complexity index is 1330. The Hall–Kier alpha value is -2.74. The van der Waals surface area contributed by atoms with Crippen LogP contribution in [0, 0.1) is 0 Å². The molecule has 0 spiro atoms. The van der Waals surface area contributed by atoms with Crippen molar-refractivity contribution in [1.82, 2.24) is 9.88 Å². The van der Waals surface area contributed by atoms with E-state index in [9.17, 15) is 4.79 Å². The molecule has 0 atom stereocenters. The van der Waals surface area contributed by atoms with Crippen molar-refractivity contribution in [2.24, 2.45) is 4.99 Å².